The summed E-state index contributed by atoms with van der Waals surface area (Å²) >= 11 is 0. The molecule has 3 fully saturated rings. The first-order chi connectivity index (χ1) is 6.92. The lowest BCUT2D eigenvalue weighted by molar-refractivity contribution is 0.0557. The van der Waals surface area contributed by atoms with Crippen LogP contribution in [0.1, 0.15) is 25.7 Å². The topological polar surface area (TPSA) is 27.3 Å². The number of nitrogens with zero attached hydrogens (tertiary/aromatic N) is 1. The summed E-state index contributed by atoms with van der Waals surface area (Å²) in [7, 11) is 0. The van der Waals surface area contributed by atoms with E-state index in [1.165, 1.54) is 51.9 Å². The molecule has 3 aliphatic rings. The van der Waals surface area contributed by atoms with Crippen molar-refractivity contribution in [3.8, 4) is 0 Å². The lowest BCUT2D eigenvalue weighted by Gasteiger charge is -2.43. The Morgan fingerprint density at radius 1 is 1.21 bits per heavy atom. The normalized spacial score (nSPS) is 44.1. The maximum atomic E-state index is 3.59. The number of rotatable bonds is 1. The minimum Gasteiger partial charge on any atom is -0.315 e. The Kier molecular flexibility index (Phi) is 2.26. The Balaban J connectivity index is 1.79. The molecule has 0 radical (unpaired) electrons. The average Bonchev–Trinajstić information content (AvgIpc) is 2.77. The van der Waals surface area contributed by atoms with Crippen molar-refractivity contribution in [2.45, 2.75) is 31.2 Å². The van der Waals surface area contributed by atoms with Gasteiger partial charge in [0.2, 0.25) is 0 Å². The monoisotopic (exact) mass is 195 g/mol. The molecule has 2 saturated heterocycles. The standard InChI is InChI=1S/C11H21N3/c1-3-10-7-13-8-11(10,4-1)14-6-2-5-12-9-14/h10,12-13H,1-9H2/t10-,11-/m1/s1. The zero-order valence-corrected chi connectivity index (χ0v) is 8.89. The third kappa shape index (κ3) is 1.23. The van der Waals surface area contributed by atoms with Gasteiger partial charge in [0.15, 0.2) is 0 Å². The summed E-state index contributed by atoms with van der Waals surface area (Å²) < 4.78 is 0. The second-order valence-electron chi connectivity index (χ2n) is 5.10. The van der Waals surface area contributed by atoms with Crippen LogP contribution < -0.4 is 10.6 Å². The quantitative estimate of drug-likeness (QED) is 0.633. The molecule has 3 nitrogen and oxygen atoms in total. The highest BCUT2D eigenvalue weighted by Gasteiger charge is 2.49. The van der Waals surface area contributed by atoms with Crippen molar-refractivity contribution in [1.82, 2.24) is 15.5 Å². The molecule has 0 aromatic rings. The molecule has 14 heavy (non-hydrogen) atoms. The fourth-order valence-electron chi connectivity index (χ4n) is 3.71. The van der Waals surface area contributed by atoms with E-state index >= 15 is 0 Å². The van der Waals surface area contributed by atoms with Crippen molar-refractivity contribution in [3.63, 3.8) is 0 Å². The lowest BCUT2D eigenvalue weighted by atomic mass is 9.88. The molecule has 1 saturated carbocycles. The Bertz CT molecular complexity index is 201. The van der Waals surface area contributed by atoms with Gasteiger partial charge in [-0.1, -0.05) is 6.42 Å². The first-order valence-electron chi connectivity index (χ1n) is 6.08. The largest absolute Gasteiger partial charge is 0.315 e. The Morgan fingerprint density at radius 2 is 2.21 bits per heavy atom. The summed E-state index contributed by atoms with van der Waals surface area (Å²) in [6, 6.07) is 0. The molecule has 1 aliphatic carbocycles. The molecule has 3 heteroatoms. The van der Waals surface area contributed by atoms with Gasteiger partial charge in [0, 0.05) is 25.3 Å². The van der Waals surface area contributed by atoms with Crippen LogP contribution in [0.25, 0.3) is 0 Å². The molecule has 3 rings (SSSR count). The fourth-order valence-corrected chi connectivity index (χ4v) is 3.71. The van der Waals surface area contributed by atoms with Crippen molar-refractivity contribution < 1.29 is 0 Å². The van der Waals surface area contributed by atoms with E-state index in [4.69, 9.17) is 0 Å². The molecule has 0 amide bonds. The van der Waals surface area contributed by atoms with E-state index < -0.39 is 0 Å². The van der Waals surface area contributed by atoms with Crippen molar-refractivity contribution in [2.75, 3.05) is 32.8 Å². The SMILES string of the molecule is C1CNCN([C@@]23CCC[C@@H]2CNC3)C1. The fraction of sp³-hybridized carbons (Fsp3) is 1.00. The molecular formula is C11H21N3. The van der Waals surface area contributed by atoms with Gasteiger partial charge < -0.3 is 10.6 Å². The van der Waals surface area contributed by atoms with Crippen LogP contribution in [-0.4, -0.2) is 43.3 Å². The maximum absolute atomic E-state index is 3.59. The summed E-state index contributed by atoms with van der Waals surface area (Å²) in [5.41, 5.74) is 0.535. The molecular weight excluding hydrogens is 174 g/mol. The number of hydrogen-bond acceptors (Lipinski definition) is 3. The van der Waals surface area contributed by atoms with Crippen LogP contribution in [0.3, 0.4) is 0 Å². The molecule has 2 N–H and O–H groups in total. The third-order valence-electron chi connectivity index (χ3n) is 4.46. The van der Waals surface area contributed by atoms with Crippen LogP contribution in [0.4, 0.5) is 0 Å². The first kappa shape index (κ1) is 9.13. The van der Waals surface area contributed by atoms with Gasteiger partial charge >= 0.3 is 0 Å². The second-order valence-corrected chi connectivity index (χ2v) is 5.10. The van der Waals surface area contributed by atoms with Crippen LogP contribution in [-0.2, 0) is 0 Å². The van der Waals surface area contributed by atoms with Gasteiger partial charge in [0.25, 0.3) is 0 Å². The maximum Gasteiger partial charge on any atom is 0.0486 e. The van der Waals surface area contributed by atoms with E-state index in [-0.39, 0.29) is 0 Å². The summed E-state index contributed by atoms with van der Waals surface area (Å²) in [5.74, 6) is 0.933. The van der Waals surface area contributed by atoms with Gasteiger partial charge in [-0.25, -0.2) is 0 Å². The molecule has 0 aromatic heterocycles. The van der Waals surface area contributed by atoms with E-state index in [1.54, 1.807) is 0 Å². The summed E-state index contributed by atoms with van der Waals surface area (Å²) in [4.78, 5) is 2.72. The van der Waals surface area contributed by atoms with E-state index in [0.29, 0.717) is 5.54 Å². The third-order valence-corrected chi connectivity index (χ3v) is 4.46. The molecule has 0 unspecified atom stereocenters. The van der Waals surface area contributed by atoms with Crippen molar-refractivity contribution in [3.05, 3.63) is 0 Å². The molecule has 80 valence electrons. The highest BCUT2D eigenvalue weighted by Crippen LogP contribution is 2.42. The van der Waals surface area contributed by atoms with E-state index in [1.807, 2.05) is 0 Å². The van der Waals surface area contributed by atoms with Gasteiger partial charge in [-0.15, -0.1) is 0 Å². The Hall–Kier alpha value is -0.120. The van der Waals surface area contributed by atoms with Crippen molar-refractivity contribution in [1.29, 1.82) is 0 Å². The minimum absolute atomic E-state index is 0.535. The van der Waals surface area contributed by atoms with Crippen LogP contribution in [0.2, 0.25) is 0 Å². The average molecular weight is 195 g/mol. The molecule has 2 heterocycles. The van der Waals surface area contributed by atoms with Crippen LogP contribution in [0, 0.1) is 5.92 Å². The number of nitrogens with one attached hydrogen (secondary N) is 2. The van der Waals surface area contributed by atoms with E-state index in [0.717, 1.165) is 12.6 Å². The summed E-state index contributed by atoms with van der Waals surface area (Å²) in [6.07, 6.45) is 5.65. The van der Waals surface area contributed by atoms with Crippen LogP contribution in [0.15, 0.2) is 0 Å². The minimum atomic E-state index is 0.535. The molecule has 2 atom stereocenters. The van der Waals surface area contributed by atoms with Crippen LogP contribution >= 0.6 is 0 Å². The van der Waals surface area contributed by atoms with Gasteiger partial charge in [-0.05, 0) is 38.3 Å². The van der Waals surface area contributed by atoms with Gasteiger partial charge in [0.1, 0.15) is 0 Å². The zero-order chi connectivity index (χ0) is 9.43. The molecule has 0 spiro atoms. The summed E-state index contributed by atoms with van der Waals surface area (Å²) in [5, 5.41) is 7.11. The zero-order valence-electron chi connectivity index (χ0n) is 8.89. The highest BCUT2D eigenvalue weighted by molar-refractivity contribution is 5.07. The van der Waals surface area contributed by atoms with Crippen molar-refractivity contribution >= 4 is 0 Å². The van der Waals surface area contributed by atoms with Gasteiger partial charge in [0.05, 0.1) is 0 Å². The highest BCUT2D eigenvalue weighted by atomic mass is 15.3. The Labute approximate surface area is 86.2 Å². The summed E-state index contributed by atoms with van der Waals surface area (Å²) in [6.45, 7) is 6.14. The smallest absolute Gasteiger partial charge is 0.0486 e. The number of fused-ring (bicyclic) bond motifs is 1. The number of hydrogen-bond donors (Lipinski definition) is 2. The molecule has 2 aliphatic heterocycles. The first-order valence-corrected chi connectivity index (χ1v) is 6.08. The second kappa shape index (κ2) is 3.47. The Morgan fingerprint density at radius 3 is 3.07 bits per heavy atom. The van der Waals surface area contributed by atoms with Gasteiger partial charge in [-0.3, -0.25) is 4.90 Å². The lowest BCUT2D eigenvalue weighted by Crippen LogP contribution is -2.57. The predicted octanol–water partition coefficient (Wildman–Crippen LogP) is 0.381. The molecule has 0 bridgehead atoms. The molecule has 0 aromatic carbocycles. The van der Waals surface area contributed by atoms with E-state index in [2.05, 4.69) is 15.5 Å². The van der Waals surface area contributed by atoms with Crippen molar-refractivity contribution in [2.24, 2.45) is 5.92 Å². The van der Waals surface area contributed by atoms with E-state index in [9.17, 15) is 0 Å². The predicted molar refractivity (Wildman–Crippen MR) is 57.1 cm³/mol. The van der Waals surface area contributed by atoms with Gasteiger partial charge in [-0.2, -0.15) is 0 Å². The van der Waals surface area contributed by atoms with Crippen LogP contribution in [0.5, 0.6) is 0 Å².